The third kappa shape index (κ3) is 4.15. The van der Waals surface area contributed by atoms with Crippen LogP contribution < -0.4 is 24.7 Å². The van der Waals surface area contributed by atoms with Crippen molar-refractivity contribution < 1.29 is 17.8 Å². The molecule has 3 heterocycles. The molecule has 0 spiro atoms. The summed E-state index contributed by atoms with van der Waals surface area (Å²) in [5, 5.41) is 6.41. The van der Waals surface area contributed by atoms with Crippen molar-refractivity contribution in [2.45, 2.75) is 30.2 Å². The zero-order chi connectivity index (χ0) is 26.6. The van der Waals surface area contributed by atoms with Crippen molar-refractivity contribution in [2.75, 3.05) is 17.0 Å². The molecule has 0 atom stereocenters. The first-order valence-corrected chi connectivity index (χ1v) is 14.2. The lowest BCUT2D eigenvalue weighted by Crippen LogP contribution is -2.35. The third-order valence-electron chi connectivity index (χ3n) is 6.05. The molecule has 0 saturated carbocycles. The fourth-order valence-electron chi connectivity index (χ4n) is 4.27. The summed E-state index contributed by atoms with van der Waals surface area (Å²) in [5.74, 6) is -0.438. The number of thiazole rings is 1. The van der Waals surface area contributed by atoms with E-state index in [0.29, 0.717) is 26.2 Å². The number of aryl methyl sites for hydroxylation is 1. The van der Waals surface area contributed by atoms with E-state index in [1.807, 2.05) is 36.2 Å². The lowest BCUT2D eigenvalue weighted by Gasteiger charge is -2.15. The number of hydrazone groups is 1. The molecule has 1 aromatic heterocycles. The van der Waals surface area contributed by atoms with Gasteiger partial charge in [-0.25, -0.2) is 0 Å². The number of thioether (sulfide) groups is 1. The summed E-state index contributed by atoms with van der Waals surface area (Å²) in [6, 6.07) is 11.8. The van der Waals surface area contributed by atoms with Crippen molar-refractivity contribution in [1.29, 1.82) is 0 Å². The normalized spacial score (nSPS) is 18.4. The van der Waals surface area contributed by atoms with E-state index in [1.165, 1.54) is 50.9 Å². The van der Waals surface area contributed by atoms with Crippen LogP contribution in [-0.4, -0.2) is 36.2 Å². The highest BCUT2D eigenvalue weighted by Gasteiger charge is 2.33. The van der Waals surface area contributed by atoms with E-state index in [2.05, 4.69) is 11.7 Å². The van der Waals surface area contributed by atoms with E-state index < -0.39 is 16.0 Å². The van der Waals surface area contributed by atoms with Crippen molar-refractivity contribution in [3.8, 4) is 0 Å². The van der Waals surface area contributed by atoms with Crippen LogP contribution in [0.3, 0.4) is 0 Å². The van der Waals surface area contributed by atoms with Crippen molar-refractivity contribution in [1.82, 2.24) is 4.57 Å². The van der Waals surface area contributed by atoms with E-state index in [1.54, 1.807) is 19.9 Å². The maximum absolute atomic E-state index is 13.6. The van der Waals surface area contributed by atoms with Gasteiger partial charge in [-0.3, -0.25) is 18.7 Å². The molecule has 0 bridgehead atoms. The van der Waals surface area contributed by atoms with Crippen molar-refractivity contribution >= 4 is 66.8 Å². The molecule has 2 aromatic carbocycles. The number of fused-ring (bicyclic) bond motifs is 1. The number of hydrogen-bond donors (Lipinski definition) is 1. The molecule has 5 rings (SSSR count). The minimum absolute atomic E-state index is 0.214. The number of carbonyl (C=O) groups excluding carboxylic acids is 1. The minimum Gasteiger partial charge on any atom is -0.337 e. The number of aromatic nitrogens is 1. The van der Waals surface area contributed by atoms with Crippen molar-refractivity contribution in [3.63, 3.8) is 0 Å². The van der Waals surface area contributed by atoms with Gasteiger partial charge >= 0.3 is 0 Å². The average Bonchev–Trinajstić information content (AvgIpc) is 3.45. The number of allylic oxidation sites excluding steroid dienone is 1. The number of rotatable bonds is 4. The zero-order valence-corrected chi connectivity index (χ0v) is 22.6. The molecule has 1 N–H and O–H groups in total. The van der Waals surface area contributed by atoms with Crippen LogP contribution in [0.25, 0.3) is 10.6 Å². The Bertz CT molecular complexity index is 1820. The average molecular weight is 555 g/mol. The highest BCUT2D eigenvalue weighted by molar-refractivity contribution is 8.08. The molecular formula is C25H22N4O5S3. The maximum atomic E-state index is 13.6. The summed E-state index contributed by atoms with van der Waals surface area (Å²) in [6.45, 7) is 7.31. The molecule has 0 saturated heterocycles. The largest absolute Gasteiger partial charge is 0.337 e. The van der Waals surface area contributed by atoms with Crippen molar-refractivity contribution in [2.24, 2.45) is 5.10 Å². The predicted molar refractivity (Wildman–Crippen MR) is 147 cm³/mol. The number of para-hydroxylation sites is 1. The number of carbonyl (C=O) groups is 1. The van der Waals surface area contributed by atoms with Gasteiger partial charge in [0, 0.05) is 18.5 Å². The molecule has 1 amide bonds. The summed E-state index contributed by atoms with van der Waals surface area (Å²) >= 11 is 2.74. The highest BCUT2D eigenvalue weighted by atomic mass is 32.2. The third-order valence-corrected chi connectivity index (χ3v) is 9.46. The van der Waals surface area contributed by atoms with Gasteiger partial charge in [0.1, 0.15) is 14.2 Å². The maximum Gasteiger partial charge on any atom is 0.294 e. The second kappa shape index (κ2) is 9.14. The fraction of sp³-hybridized carbons (Fsp3) is 0.160. The molecule has 37 heavy (non-hydrogen) atoms. The van der Waals surface area contributed by atoms with E-state index in [4.69, 9.17) is 0 Å². The molecule has 12 heteroatoms. The second-order valence-corrected chi connectivity index (χ2v) is 11.9. The molecule has 0 aliphatic carbocycles. The Kier molecular flexibility index (Phi) is 6.23. The standard InChI is InChI=1S/C25H22N4O5S3/c1-5-12-28-23(31)21(25-27(4)18-8-6-7-9-19(18)35-25)36-24(28)20-15(3)26-29(22(20)30)17-11-10-16(13-14(17)2)37(32,33)34/h5-11,13H,1,12H2,2-4H3,(H,32,33,34). The topological polar surface area (TPSA) is 112 Å². The van der Waals surface area contributed by atoms with E-state index in [9.17, 15) is 22.6 Å². The van der Waals surface area contributed by atoms with Gasteiger partial charge in [0.05, 0.1) is 27.6 Å². The minimum atomic E-state index is -4.39. The molecule has 2 aliphatic heterocycles. The Morgan fingerprint density at radius 3 is 2.49 bits per heavy atom. The van der Waals surface area contributed by atoms with Gasteiger partial charge in [0.25, 0.3) is 21.6 Å². The number of amides is 1. The second-order valence-electron chi connectivity index (χ2n) is 8.48. The molecule has 2 aliphatic rings. The predicted octanol–water partition coefficient (Wildman–Crippen LogP) is 2.53. The molecule has 190 valence electrons. The monoisotopic (exact) mass is 554 g/mol. The van der Waals surface area contributed by atoms with Crippen LogP contribution in [0.5, 0.6) is 0 Å². The Morgan fingerprint density at radius 1 is 1.11 bits per heavy atom. The van der Waals surface area contributed by atoms with Crippen molar-refractivity contribution in [3.05, 3.63) is 80.2 Å². The Hall–Kier alpha value is -3.45. The van der Waals surface area contributed by atoms with Gasteiger partial charge in [0.2, 0.25) is 0 Å². The number of hydrogen-bond acceptors (Lipinski definition) is 8. The lowest BCUT2D eigenvalue weighted by molar-refractivity contribution is -0.112. The summed E-state index contributed by atoms with van der Waals surface area (Å²) in [6.07, 6.45) is 1.61. The summed E-state index contributed by atoms with van der Waals surface area (Å²) in [7, 11) is -2.48. The molecule has 0 unspecified atom stereocenters. The van der Waals surface area contributed by atoms with Gasteiger partial charge in [0.15, 0.2) is 0 Å². The number of anilines is 2. The molecule has 0 radical (unpaired) electrons. The molecule has 9 nitrogen and oxygen atoms in total. The van der Waals surface area contributed by atoms with E-state index in [0.717, 1.165) is 15.6 Å². The van der Waals surface area contributed by atoms with Gasteiger partial charge in [-0.05, 0) is 49.7 Å². The summed E-state index contributed by atoms with van der Waals surface area (Å²) < 4.78 is 34.9. The highest BCUT2D eigenvalue weighted by Crippen LogP contribution is 2.45. The first kappa shape index (κ1) is 25.2. The number of nitrogens with zero attached hydrogens (tertiary/aromatic N) is 4. The van der Waals surface area contributed by atoms with Crippen LogP contribution in [0.15, 0.2) is 74.8 Å². The van der Waals surface area contributed by atoms with Crippen LogP contribution in [0.4, 0.5) is 11.4 Å². The first-order chi connectivity index (χ1) is 17.5. The van der Waals surface area contributed by atoms with Gasteiger partial charge in [-0.15, -0.1) is 17.9 Å². The Morgan fingerprint density at radius 2 is 1.84 bits per heavy atom. The van der Waals surface area contributed by atoms with Gasteiger partial charge in [-0.2, -0.15) is 18.5 Å². The molecular weight excluding hydrogens is 532 g/mol. The van der Waals surface area contributed by atoms with Gasteiger partial charge < -0.3 is 4.90 Å². The smallest absolute Gasteiger partial charge is 0.294 e. The quantitative estimate of drug-likeness (QED) is 0.390. The van der Waals surface area contributed by atoms with E-state index in [-0.39, 0.29) is 22.6 Å². The van der Waals surface area contributed by atoms with Crippen LogP contribution in [0.2, 0.25) is 0 Å². The molecule has 0 fully saturated rings. The Labute approximate surface area is 221 Å². The number of benzene rings is 2. The zero-order valence-electron chi connectivity index (χ0n) is 20.1. The SMILES string of the molecule is C=CCn1c(=C2C(=O)N(c3ccc(S(=O)(=O)O)cc3C)N=C2C)sc(=C2Sc3ccccc3N2C)c1=O. The van der Waals surface area contributed by atoms with Crippen LogP contribution in [-0.2, 0) is 21.5 Å². The fourth-order valence-corrected chi connectivity index (χ4v) is 7.38. The lowest BCUT2D eigenvalue weighted by atomic mass is 10.1. The molecule has 3 aromatic rings. The van der Waals surface area contributed by atoms with Gasteiger partial charge in [-0.1, -0.05) is 30.0 Å². The van der Waals surface area contributed by atoms with E-state index >= 15 is 0 Å². The first-order valence-electron chi connectivity index (χ1n) is 11.1. The summed E-state index contributed by atoms with van der Waals surface area (Å²) in [5.41, 5.74) is 2.31. The van der Waals surface area contributed by atoms with Crippen LogP contribution in [0, 0.1) is 6.92 Å². The Balaban J connectivity index is 1.69. The van der Waals surface area contributed by atoms with Crippen LogP contribution >= 0.6 is 23.1 Å². The summed E-state index contributed by atoms with van der Waals surface area (Å²) in [4.78, 5) is 30.0. The van der Waals surface area contributed by atoms with Crippen LogP contribution in [0.1, 0.15) is 12.5 Å².